The summed E-state index contributed by atoms with van der Waals surface area (Å²) in [5.74, 6) is -2.07. The van der Waals surface area contributed by atoms with E-state index >= 15 is 0 Å². The van der Waals surface area contributed by atoms with Crippen molar-refractivity contribution in [3.63, 3.8) is 0 Å². The molecule has 0 unspecified atom stereocenters. The first-order valence-electron chi connectivity index (χ1n) is 9.62. The summed E-state index contributed by atoms with van der Waals surface area (Å²) in [5, 5.41) is 13.1. The van der Waals surface area contributed by atoms with Crippen LogP contribution in [0.25, 0.3) is 0 Å². The van der Waals surface area contributed by atoms with Gasteiger partial charge in [0.05, 0.1) is 35.4 Å². The lowest BCUT2D eigenvalue weighted by molar-refractivity contribution is 0.0525. The third kappa shape index (κ3) is 5.93. The van der Waals surface area contributed by atoms with Crippen LogP contribution in [0.2, 0.25) is 5.15 Å². The van der Waals surface area contributed by atoms with Crippen molar-refractivity contribution in [1.82, 2.24) is 9.99 Å². The monoisotopic (exact) mass is 487 g/mol. The number of benzene rings is 2. The zero-order chi connectivity index (χ0) is 24.0. The molecular formula is C22H18ClN3O6S. The van der Waals surface area contributed by atoms with Crippen LogP contribution in [0.1, 0.15) is 48.4 Å². The highest BCUT2D eigenvalue weighted by atomic mass is 35.5. The van der Waals surface area contributed by atoms with Crippen LogP contribution >= 0.6 is 22.9 Å². The van der Waals surface area contributed by atoms with Gasteiger partial charge in [-0.15, -0.1) is 0 Å². The van der Waals surface area contributed by atoms with Crippen molar-refractivity contribution in [2.24, 2.45) is 5.10 Å². The number of aromatic carboxylic acids is 1. The first kappa shape index (κ1) is 23.9. The molecule has 0 aliphatic carbocycles. The van der Waals surface area contributed by atoms with Gasteiger partial charge in [0.25, 0.3) is 5.91 Å². The molecule has 11 heteroatoms. The number of rotatable bonds is 8. The van der Waals surface area contributed by atoms with Gasteiger partial charge in [0.1, 0.15) is 5.15 Å². The highest BCUT2D eigenvalue weighted by Gasteiger charge is 2.14. The first-order valence-corrected chi connectivity index (χ1v) is 10.8. The normalized spacial score (nSPS) is 10.8. The van der Waals surface area contributed by atoms with Gasteiger partial charge in [-0.25, -0.2) is 15.0 Å². The number of halogens is 1. The summed E-state index contributed by atoms with van der Waals surface area (Å²) in [6, 6.07) is 12.1. The number of nitrogens with zero attached hydrogens (tertiary/aromatic N) is 2. The summed E-state index contributed by atoms with van der Waals surface area (Å²) in [4.78, 5) is 47.3. The smallest absolute Gasteiger partial charge is 0.338 e. The second-order valence-corrected chi connectivity index (χ2v) is 7.96. The molecule has 0 saturated carbocycles. The molecule has 0 atom stereocenters. The largest absolute Gasteiger partial charge is 0.478 e. The van der Waals surface area contributed by atoms with E-state index in [0.717, 1.165) is 11.3 Å². The van der Waals surface area contributed by atoms with Crippen molar-refractivity contribution in [2.45, 2.75) is 13.5 Å². The number of thiazole rings is 1. The molecule has 0 aliphatic heterocycles. The lowest BCUT2D eigenvalue weighted by Crippen LogP contribution is -2.17. The second kappa shape index (κ2) is 10.7. The zero-order valence-corrected chi connectivity index (χ0v) is 18.9. The van der Waals surface area contributed by atoms with E-state index in [-0.39, 0.29) is 34.3 Å². The Morgan fingerprint density at radius 1 is 1.15 bits per heavy atom. The first-order chi connectivity index (χ1) is 15.8. The van der Waals surface area contributed by atoms with Crippen LogP contribution in [0.5, 0.6) is 0 Å². The Hall–Kier alpha value is -3.76. The molecule has 1 amide bonds. The predicted molar refractivity (Wildman–Crippen MR) is 124 cm³/mol. The number of aromatic nitrogens is 1. The Labute approximate surface area is 196 Å². The van der Waals surface area contributed by atoms with E-state index in [1.807, 2.05) is 0 Å². The van der Waals surface area contributed by atoms with Crippen molar-refractivity contribution < 1.29 is 24.2 Å². The molecule has 2 aromatic carbocycles. The van der Waals surface area contributed by atoms with E-state index in [9.17, 15) is 19.2 Å². The fourth-order valence-corrected chi connectivity index (χ4v) is 3.89. The van der Waals surface area contributed by atoms with Gasteiger partial charge in [-0.05, 0) is 48.9 Å². The van der Waals surface area contributed by atoms with E-state index < -0.39 is 17.8 Å². The van der Waals surface area contributed by atoms with E-state index in [1.54, 1.807) is 19.1 Å². The molecule has 2 N–H and O–H groups in total. The summed E-state index contributed by atoms with van der Waals surface area (Å²) in [7, 11) is 0. The summed E-state index contributed by atoms with van der Waals surface area (Å²) >= 11 is 7.13. The highest BCUT2D eigenvalue weighted by Crippen LogP contribution is 2.19. The molecule has 33 heavy (non-hydrogen) atoms. The van der Waals surface area contributed by atoms with E-state index in [4.69, 9.17) is 21.4 Å². The van der Waals surface area contributed by atoms with E-state index in [2.05, 4.69) is 10.5 Å². The fourth-order valence-electron chi connectivity index (χ4n) is 2.79. The average Bonchev–Trinajstić information content (AvgIpc) is 3.07. The SMILES string of the molecule is CCOC(=O)c1ccc(C(=O)N/N=C/c2sc(=O)n(Cc3cccc(C(=O)O)c3)c2Cl)cc1. The minimum atomic E-state index is -1.07. The molecular weight excluding hydrogens is 470 g/mol. The topological polar surface area (TPSA) is 127 Å². The number of ether oxygens (including phenoxy) is 1. The van der Waals surface area contributed by atoms with Gasteiger partial charge in [-0.3, -0.25) is 14.2 Å². The molecule has 170 valence electrons. The number of carbonyl (C=O) groups excluding carboxylic acids is 2. The second-order valence-electron chi connectivity index (χ2n) is 6.61. The van der Waals surface area contributed by atoms with Gasteiger partial charge in [0.15, 0.2) is 0 Å². The summed E-state index contributed by atoms with van der Waals surface area (Å²) < 4.78 is 6.17. The molecule has 0 aliphatic rings. The summed E-state index contributed by atoms with van der Waals surface area (Å²) in [6.07, 6.45) is 1.25. The van der Waals surface area contributed by atoms with Crippen molar-refractivity contribution in [3.05, 3.63) is 90.5 Å². The standard InChI is InChI=1S/C22H18ClN3O6S/c1-2-32-21(30)15-8-6-14(7-9-15)19(27)25-24-11-17-18(23)26(22(31)33-17)12-13-4-3-5-16(10-13)20(28)29/h3-11H,2,12H2,1H3,(H,25,27)(H,28,29)/b24-11+. The maximum atomic E-state index is 12.3. The Balaban J connectivity index is 1.68. The van der Waals surface area contributed by atoms with Gasteiger partial charge in [0.2, 0.25) is 0 Å². The van der Waals surface area contributed by atoms with Crippen LogP contribution in [0.15, 0.2) is 58.4 Å². The van der Waals surface area contributed by atoms with Crippen LogP contribution in [-0.2, 0) is 11.3 Å². The molecule has 3 aromatic rings. The lowest BCUT2D eigenvalue weighted by Gasteiger charge is -2.05. The quantitative estimate of drug-likeness (QED) is 0.285. The van der Waals surface area contributed by atoms with Crippen molar-refractivity contribution in [1.29, 1.82) is 0 Å². The van der Waals surface area contributed by atoms with Gasteiger partial charge in [-0.2, -0.15) is 5.10 Å². The summed E-state index contributed by atoms with van der Waals surface area (Å²) in [5.41, 5.74) is 3.63. The number of hydrazone groups is 1. The van der Waals surface area contributed by atoms with Gasteiger partial charge in [0, 0.05) is 5.56 Å². The molecule has 0 saturated heterocycles. The van der Waals surface area contributed by atoms with E-state index in [0.29, 0.717) is 16.0 Å². The van der Waals surface area contributed by atoms with E-state index in [1.165, 1.54) is 47.2 Å². The maximum absolute atomic E-state index is 12.3. The third-order valence-corrected chi connectivity index (χ3v) is 5.81. The number of amides is 1. The minimum absolute atomic E-state index is 0.0856. The lowest BCUT2D eigenvalue weighted by atomic mass is 10.1. The molecule has 0 radical (unpaired) electrons. The van der Waals surface area contributed by atoms with Crippen molar-refractivity contribution in [3.8, 4) is 0 Å². The predicted octanol–water partition coefficient (Wildman–Crippen LogP) is 3.25. The molecule has 9 nitrogen and oxygen atoms in total. The molecule has 3 rings (SSSR count). The van der Waals surface area contributed by atoms with Crippen LogP contribution in [0, 0.1) is 0 Å². The minimum Gasteiger partial charge on any atom is -0.478 e. The number of esters is 1. The number of hydrogen-bond donors (Lipinski definition) is 2. The Kier molecular flexibility index (Phi) is 7.75. The number of carboxylic acids is 1. The third-order valence-electron chi connectivity index (χ3n) is 4.38. The molecule has 0 fully saturated rings. The van der Waals surface area contributed by atoms with Gasteiger partial charge < -0.3 is 9.84 Å². The zero-order valence-electron chi connectivity index (χ0n) is 17.3. The van der Waals surface area contributed by atoms with Crippen LogP contribution in [0.4, 0.5) is 0 Å². The average molecular weight is 488 g/mol. The molecule has 1 aromatic heterocycles. The van der Waals surface area contributed by atoms with Crippen LogP contribution in [-0.4, -0.2) is 40.3 Å². The summed E-state index contributed by atoms with van der Waals surface area (Å²) in [6.45, 7) is 2.04. The molecule has 0 bridgehead atoms. The van der Waals surface area contributed by atoms with Crippen molar-refractivity contribution in [2.75, 3.05) is 6.61 Å². The Morgan fingerprint density at radius 3 is 2.52 bits per heavy atom. The highest BCUT2D eigenvalue weighted by molar-refractivity contribution is 7.11. The van der Waals surface area contributed by atoms with Gasteiger partial charge in [-0.1, -0.05) is 35.1 Å². The van der Waals surface area contributed by atoms with Crippen LogP contribution < -0.4 is 10.3 Å². The van der Waals surface area contributed by atoms with Crippen molar-refractivity contribution >= 4 is 47.0 Å². The molecule has 0 spiro atoms. The fraction of sp³-hybridized carbons (Fsp3) is 0.136. The van der Waals surface area contributed by atoms with Crippen LogP contribution in [0.3, 0.4) is 0 Å². The maximum Gasteiger partial charge on any atom is 0.338 e. The Morgan fingerprint density at radius 2 is 1.85 bits per heavy atom. The Bertz CT molecular complexity index is 1280. The number of carbonyl (C=O) groups is 3. The number of nitrogens with one attached hydrogen (secondary N) is 1. The number of carboxylic acid groups (broad SMARTS) is 1. The van der Waals surface area contributed by atoms with Gasteiger partial charge >= 0.3 is 16.8 Å². The molecule has 1 heterocycles. The number of hydrogen-bond acceptors (Lipinski definition) is 7.